The van der Waals surface area contributed by atoms with E-state index in [1.165, 1.54) is 4.57 Å². The molecule has 3 aromatic heterocycles. The number of furan rings is 1. The molecule has 0 amide bonds. The van der Waals surface area contributed by atoms with Gasteiger partial charge < -0.3 is 4.42 Å². The molecule has 0 bridgehead atoms. The molecular formula is C39H24N4O. The minimum absolute atomic E-state index is 0.0563. The van der Waals surface area contributed by atoms with Crippen LogP contribution in [0.2, 0.25) is 0 Å². The minimum Gasteiger partial charge on any atom is -0.456 e. The van der Waals surface area contributed by atoms with Crippen molar-refractivity contribution in [3.63, 3.8) is 0 Å². The number of rotatable bonds is 4. The average molecular weight is 575 g/mol. The van der Waals surface area contributed by atoms with Crippen LogP contribution < -0.4 is 0 Å². The van der Waals surface area contributed by atoms with Gasteiger partial charge in [0.25, 0.3) is 0 Å². The number of nitrogens with zero attached hydrogens (tertiary/aromatic N) is 4. The molecule has 9 rings (SSSR count). The molecule has 5 heteroatoms. The van der Waals surface area contributed by atoms with Gasteiger partial charge in [-0.15, -0.1) is 0 Å². The number of benzene rings is 6. The highest BCUT2D eigenvalue weighted by Crippen LogP contribution is 2.38. The molecule has 44 heavy (non-hydrogen) atoms. The molecule has 0 radical (unpaired) electrons. The zero-order valence-electron chi connectivity index (χ0n) is 32.8. The SMILES string of the molecule is [2H]c1c([2H])c([2H])c2c(oc3c([2H])c4c5c([2H])c([2H])c([2H])c([2H])c5n(-c5nc(-c6ccccc6)nc(-c6ccc(-c7ccccc7)cc6)n5)c4c([2H])c32)c1[2H]. The van der Waals surface area contributed by atoms with Crippen LogP contribution in [0.5, 0.6) is 0 Å². The summed E-state index contributed by atoms with van der Waals surface area (Å²) in [7, 11) is 0. The van der Waals surface area contributed by atoms with Gasteiger partial charge in [0.15, 0.2) is 11.6 Å². The fourth-order valence-corrected chi connectivity index (χ4v) is 5.45. The Hall–Kier alpha value is -6.07. The Morgan fingerprint density at radius 1 is 0.477 bits per heavy atom. The smallest absolute Gasteiger partial charge is 0.238 e. The molecular weight excluding hydrogens is 540 g/mol. The van der Waals surface area contributed by atoms with Crippen LogP contribution in [0.4, 0.5) is 0 Å². The molecule has 5 nitrogen and oxygen atoms in total. The first kappa shape index (κ1) is 16.5. The Morgan fingerprint density at radius 3 is 1.82 bits per heavy atom. The van der Waals surface area contributed by atoms with Crippen LogP contribution in [0.15, 0.2) is 150 Å². The predicted octanol–water partition coefficient (Wildman–Crippen LogP) is 9.87. The van der Waals surface area contributed by atoms with Gasteiger partial charge in [0.05, 0.1) is 24.7 Å². The van der Waals surface area contributed by atoms with Crippen LogP contribution in [-0.2, 0) is 0 Å². The van der Waals surface area contributed by atoms with Crippen molar-refractivity contribution in [3.05, 3.63) is 145 Å². The van der Waals surface area contributed by atoms with E-state index >= 15 is 0 Å². The highest BCUT2D eigenvalue weighted by atomic mass is 16.3. The van der Waals surface area contributed by atoms with Crippen LogP contribution >= 0.6 is 0 Å². The van der Waals surface area contributed by atoms with Crippen LogP contribution in [0.25, 0.3) is 83.6 Å². The summed E-state index contributed by atoms with van der Waals surface area (Å²) in [6.07, 6.45) is 0. The maximum absolute atomic E-state index is 9.63. The van der Waals surface area contributed by atoms with Crippen LogP contribution in [0, 0.1) is 0 Å². The van der Waals surface area contributed by atoms with E-state index < -0.39 is 48.3 Å². The Balaban J connectivity index is 1.44. The maximum Gasteiger partial charge on any atom is 0.238 e. The quantitative estimate of drug-likeness (QED) is 0.210. The first-order chi connectivity index (χ1) is 26.0. The normalized spacial score (nSPS) is 14.8. The summed E-state index contributed by atoms with van der Waals surface area (Å²) in [5.41, 5.74) is 2.60. The van der Waals surface area contributed by atoms with Gasteiger partial charge in [0.1, 0.15) is 11.2 Å². The van der Waals surface area contributed by atoms with Gasteiger partial charge in [0.2, 0.25) is 5.95 Å². The molecule has 0 spiro atoms. The van der Waals surface area contributed by atoms with Crippen molar-refractivity contribution in [1.29, 1.82) is 0 Å². The molecule has 0 N–H and O–H groups in total. The lowest BCUT2D eigenvalue weighted by Gasteiger charge is -2.11. The summed E-state index contributed by atoms with van der Waals surface area (Å²) in [5, 5.41) is -0.318. The van der Waals surface area contributed by atoms with Gasteiger partial charge >= 0.3 is 0 Å². The predicted molar refractivity (Wildman–Crippen MR) is 178 cm³/mol. The van der Waals surface area contributed by atoms with Crippen molar-refractivity contribution in [2.45, 2.75) is 0 Å². The van der Waals surface area contributed by atoms with Gasteiger partial charge in [0, 0.05) is 32.7 Å². The van der Waals surface area contributed by atoms with Crippen molar-refractivity contribution < 1.29 is 18.1 Å². The van der Waals surface area contributed by atoms with E-state index in [0.29, 0.717) is 11.1 Å². The number of aromatic nitrogens is 4. The standard InChI is InChI=1S/C39H24N4O/c1-3-11-25(12-4-1)26-19-21-28(22-20-26)38-40-37(27-13-5-2-6-14-27)41-39(42-38)43-33-17-9-7-15-29(33)31-24-36-32(23-34(31)43)30-16-8-10-18-35(30)44-36/h1-24H/i7D,8D,9D,10D,15D,16D,17D,18D,23D,24D. The number of hydrogen-bond acceptors (Lipinski definition) is 4. The summed E-state index contributed by atoms with van der Waals surface area (Å²) in [4.78, 5) is 14.5. The van der Waals surface area contributed by atoms with Crippen LogP contribution in [-0.4, -0.2) is 19.5 Å². The molecule has 0 aliphatic heterocycles. The van der Waals surface area contributed by atoms with Gasteiger partial charge in [-0.3, -0.25) is 4.57 Å². The molecule has 0 atom stereocenters. The van der Waals surface area contributed by atoms with E-state index in [2.05, 4.69) is 0 Å². The third-order valence-corrected chi connectivity index (χ3v) is 7.52. The highest BCUT2D eigenvalue weighted by Gasteiger charge is 2.19. The van der Waals surface area contributed by atoms with Crippen molar-refractivity contribution in [2.75, 3.05) is 0 Å². The summed E-state index contributed by atoms with van der Waals surface area (Å²) < 4.78 is 95.3. The molecule has 6 aromatic carbocycles. The maximum atomic E-state index is 9.63. The summed E-state index contributed by atoms with van der Waals surface area (Å²) >= 11 is 0. The molecule has 0 aliphatic rings. The van der Waals surface area contributed by atoms with E-state index in [1.54, 1.807) is 0 Å². The largest absolute Gasteiger partial charge is 0.456 e. The van der Waals surface area contributed by atoms with Crippen molar-refractivity contribution in [2.24, 2.45) is 0 Å². The molecule has 3 heterocycles. The average Bonchev–Trinajstić information content (AvgIpc) is 3.79. The molecule has 206 valence electrons. The van der Waals surface area contributed by atoms with Gasteiger partial charge in [-0.25, -0.2) is 4.98 Å². The fraction of sp³-hybridized carbons (Fsp3) is 0. The third kappa shape index (κ3) is 3.91. The molecule has 0 unspecified atom stereocenters. The topological polar surface area (TPSA) is 56.7 Å². The first-order valence-corrected chi connectivity index (χ1v) is 13.8. The van der Waals surface area contributed by atoms with E-state index in [9.17, 15) is 2.74 Å². The first-order valence-electron chi connectivity index (χ1n) is 18.8. The lowest BCUT2D eigenvalue weighted by atomic mass is 10.0. The fourth-order valence-electron chi connectivity index (χ4n) is 5.45. The Bertz CT molecular complexity index is 3040. The number of fused-ring (bicyclic) bond motifs is 6. The second kappa shape index (κ2) is 9.75. The zero-order chi connectivity index (χ0) is 37.7. The molecule has 0 fully saturated rings. The lowest BCUT2D eigenvalue weighted by Crippen LogP contribution is -2.06. The van der Waals surface area contributed by atoms with Crippen molar-refractivity contribution >= 4 is 43.7 Å². The summed E-state index contributed by atoms with van der Waals surface area (Å²) in [6, 6.07) is 21.8. The van der Waals surface area contributed by atoms with E-state index in [1.807, 2.05) is 84.9 Å². The number of para-hydroxylation sites is 2. The highest BCUT2D eigenvalue weighted by molar-refractivity contribution is 6.16. The Morgan fingerprint density at radius 2 is 1.07 bits per heavy atom. The van der Waals surface area contributed by atoms with Gasteiger partial charge in [-0.1, -0.05) is 121 Å². The Kier molecular flexibility index (Phi) is 3.66. The lowest BCUT2D eigenvalue weighted by molar-refractivity contribution is 0.669. The number of hydrogen-bond donors (Lipinski definition) is 0. The van der Waals surface area contributed by atoms with Crippen LogP contribution in [0.1, 0.15) is 13.7 Å². The monoisotopic (exact) mass is 574 g/mol. The van der Waals surface area contributed by atoms with Gasteiger partial charge in [-0.2, -0.15) is 9.97 Å². The molecule has 0 saturated carbocycles. The molecule has 9 aromatic rings. The second-order valence-electron chi connectivity index (χ2n) is 10.1. The molecule has 0 saturated heterocycles. The summed E-state index contributed by atoms with van der Waals surface area (Å²) in [5.74, 6) is 0.369. The van der Waals surface area contributed by atoms with Crippen molar-refractivity contribution in [1.82, 2.24) is 19.5 Å². The Labute approximate surface area is 266 Å². The minimum atomic E-state index is -0.554. The summed E-state index contributed by atoms with van der Waals surface area (Å²) in [6.45, 7) is 0. The third-order valence-electron chi connectivity index (χ3n) is 7.52. The van der Waals surface area contributed by atoms with Crippen LogP contribution in [0.3, 0.4) is 0 Å². The van der Waals surface area contributed by atoms with E-state index in [0.717, 1.165) is 11.1 Å². The molecule has 0 aliphatic carbocycles. The second-order valence-corrected chi connectivity index (χ2v) is 10.1. The van der Waals surface area contributed by atoms with Gasteiger partial charge in [-0.05, 0) is 35.3 Å². The zero-order valence-corrected chi connectivity index (χ0v) is 22.8. The van der Waals surface area contributed by atoms with Crippen molar-refractivity contribution in [3.8, 4) is 39.9 Å². The van der Waals surface area contributed by atoms with E-state index in [-0.39, 0.29) is 73.4 Å². The van der Waals surface area contributed by atoms with E-state index in [4.69, 9.17) is 30.3 Å².